The lowest BCUT2D eigenvalue weighted by atomic mass is 10.2. The number of ether oxygens (including phenoxy) is 1. The van der Waals surface area contributed by atoms with Gasteiger partial charge in [0.25, 0.3) is 5.91 Å². The Morgan fingerprint density at radius 3 is 2.52 bits per heavy atom. The van der Waals surface area contributed by atoms with Crippen molar-refractivity contribution in [2.75, 3.05) is 44.3 Å². The molecule has 2 fully saturated rings. The number of hydrogen-bond donors (Lipinski definition) is 1. The van der Waals surface area contributed by atoms with Gasteiger partial charge >= 0.3 is 0 Å². The van der Waals surface area contributed by atoms with E-state index in [1.807, 2.05) is 40.6 Å². The van der Waals surface area contributed by atoms with Gasteiger partial charge in [-0.25, -0.2) is 0 Å². The van der Waals surface area contributed by atoms with Crippen molar-refractivity contribution in [3.05, 3.63) is 52.2 Å². The number of nitrogens with zero attached hydrogens (tertiary/aromatic N) is 1. The molecule has 2 aliphatic heterocycles. The maximum absolute atomic E-state index is 12.5. The topological polar surface area (TPSA) is 34.0 Å². The molecule has 0 saturated carbocycles. The summed E-state index contributed by atoms with van der Waals surface area (Å²) in [5.41, 5.74) is 2.74. The molecule has 3 heterocycles. The van der Waals surface area contributed by atoms with Crippen LogP contribution in [-0.4, -0.2) is 55.1 Å². The van der Waals surface area contributed by atoms with Crippen LogP contribution in [0.1, 0.15) is 15.7 Å². The van der Waals surface area contributed by atoms with Gasteiger partial charge in [0.15, 0.2) is 6.61 Å². The van der Waals surface area contributed by atoms with Crippen molar-refractivity contribution in [1.82, 2.24) is 4.90 Å². The minimum atomic E-state index is 0.0931. The van der Waals surface area contributed by atoms with E-state index in [2.05, 4.69) is 29.0 Å². The molecule has 4 nitrogen and oxygen atoms in total. The first kappa shape index (κ1) is 19.2. The maximum Gasteiger partial charge on any atom is 0.260 e. The molecule has 1 N–H and O–H groups in total. The molecule has 0 aliphatic carbocycles. The number of piperazine rings is 1. The third-order valence-electron chi connectivity index (χ3n) is 4.99. The first-order valence-corrected chi connectivity index (χ1v) is 12.4. The standard InChI is InChI=1S/C20H24N2O2S3/c23-19(22-8-6-21(7-9-22)13-16-5-10-25-15-16)14-24-18-3-1-17(2-4-18)20-26-11-12-27-20/h1-5,10,15,20H,6-9,11-14H2/p+1. The van der Waals surface area contributed by atoms with Gasteiger partial charge in [-0.15, -0.1) is 23.5 Å². The van der Waals surface area contributed by atoms with E-state index >= 15 is 0 Å². The molecule has 0 atom stereocenters. The van der Waals surface area contributed by atoms with Crippen LogP contribution < -0.4 is 9.64 Å². The van der Waals surface area contributed by atoms with Crippen LogP contribution in [0.4, 0.5) is 0 Å². The second-order valence-electron chi connectivity index (χ2n) is 6.87. The molecular weight excluding hydrogens is 396 g/mol. The molecule has 0 bridgehead atoms. The van der Waals surface area contributed by atoms with Gasteiger partial charge < -0.3 is 14.5 Å². The summed E-state index contributed by atoms with van der Waals surface area (Å²) >= 11 is 5.75. The van der Waals surface area contributed by atoms with Crippen molar-refractivity contribution in [2.45, 2.75) is 11.1 Å². The van der Waals surface area contributed by atoms with Crippen molar-refractivity contribution in [3.8, 4) is 5.75 Å². The van der Waals surface area contributed by atoms with Gasteiger partial charge in [-0.2, -0.15) is 11.3 Å². The molecule has 2 saturated heterocycles. The third kappa shape index (κ3) is 5.22. The Kier molecular flexibility index (Phi) is 6.65. The van der Waals surface area contributed by atoms with E-state index < -0.39 is 0 Å². The third-order valence-corrected chi connectivity index (χ3v) is 8.83. The second kappa shape index (κ2) is 9.37. The predicted octanol–water partition coefficient (Wildman–Crippen LogP) is 2.53. The lowest BCUT2D eigenvalue weighted by Crippen LogP contribution is -3.13. The Morgan fingerprint density at radius 1 is 1.11 bits per heavy atom. The summed E-state index contributed by atoms with van der Waals surface area (Å²) in [6.45, 7) is 4.84. The molecule has 1 aromatic carbocycles. The van der Waals surface area contributed by atoms with E-state index in [0.717, 1.165) is 38.5 Å². The predicted molar refractivity (Wildman–Crippen MR) is 115 cm³/mol. The fourth-order valence-electron chi connectivity index (χ4n) is 3.44. The average molecular weight is 422 g/mol. The smallest absolute Gasteiger partial charge is 0.260 e. The fourth-order valence-corrected chi connectivity index (χ4v) is 6.97. The molecule has 0 radical (unpaired) electrons. The highest BCUT2D eigenvalue weighted by molar-refractivity contribution is 8.19. The lowest BCUT2D eigenvalue weighted by Gasteiger charge is -2.32. The van der Waals surface area contributed by atoms with E-state index in [0.29, 0.717) is 4.58 Å². The number of rotatable bonds is 6. The van der Waals surface area contributed by atoms with Gasteiger partial charge in [0.2, 0.25) is 0 Å². The molecule has 1 amide bonds. The van der Waals surface area contributed by atoms with Crippen LogP contribution in [0, 0.1) is 0 Å². The van der Waals surface area contributed by atoms with Gasteiger partial charge in [0, 0.05) is 17.1 Å². The highest BCUT2D eigenvalue weighted by Gasteiger charge is 2.24. The highest BCUT2D eigenvalue weighted by atomic mass is 32.2. The molecule has 0 spiro atoms. The van der Waals surface area contributed by atoms with Gasteiger partial charge in [-0.1, -0.05) is 12.1 Å². The number of thiophene rings is 1. The Balaban J connectivity index is 1.20. The molecule has 2 aliphatic rings. The van der Waals surface area contributed by atoms with Crippen LogP contribution in [-0.2, 0) is 11.3 Å². The quantitative estimate of drug-likeness (QED) is 0.777. The number of hydrogen-bond acceptors (Lipinski definition) is 5. The lowest BCUT2D eigenvalue weighted by molar-refractivity contribution is -0.917. The van der Waals surface area contributed by atoms with Crippen molar-refractivity contribution in [1.29, 1.82) is 0 Å². The highest BCUT2D eigenvalue weighted by Crippen LogP contribution is 2.45. The van der Waals surface area contributed by atoms with Crippen LogP contribution in [0.25, 0.3) is 0 Å². The van der Waals surface area contributed by atoms with Gasteiger partial charge in [-0.05, 0) is 34.5 Å². The Bertz CT molecular complexity index is 722. The molecule has 4 rings (SSSR count). The summed E-state index contributed by atoms with van der Waals surface area (Å²) in [6.07, 6.45) is 0. The number of quaternary nitrogens is 1. The van der Waals surface area contributed by atoms with Gasteiger partial charge in [0.1, 0.15) is 12.3 Å². The SMILES string of the molecule is O=C(COc1ccc(C2SCCS2)cc1)N1CC[NH+](Cc2ccsc2)CC1. The maximum atomic E-state index is 12.5. The zero-order chi connectivity index (χ0) is 18.5. The van der Waals surface area contributed by atoms with Crippen LogP contribution in [0.5, 0.6) is 5.75 Å². The monoisotopic (exact) mass is 421 g/mol. The Hall–Kier alpha value is -1.15. The minimum absolute atomic E-state index is 0.0931. The van der Waals surface area contributed by atoms with Crippen LogP contribution in [0.15, 0.2) is 41.1 Å². The molecule has 1 aromatic heterocycles. The number of carbonyl (C=O) groups is 1. The zero-order valence-electron chi connectivity index (χ0n) is 15.3. The molecule has 27 heavy (non-hydrogen) atoms. The Morgan fingerprint density at radius 2 is 1.85 bits per heavy atom. The van der Waals surface area contributed by atoms with Crippen molar-refractivity contribution >= 4 is 40.8 Å². The first-order chi connectivity index (χ1) is 13.3. The van der Waals surface area contributed by atoms with E-state index in [1.54, 1.807) is 16.2 Å². The van der Waals surface area contributed by atoms with Crippen LogP contribution in [0.3, 0.4) is 0 Å². The summed E-state index contributed by atoms with van der Waals surface area (Å²) in [5, 5.41) is 4.34. The average Bonchev–Trinajstić information content (AvgIpc) is 3.41. The van der Waals surface area contributed by atoms with E-state index in [9.17, 15) is 4.79 Å². The minimum Gasteiger partial charge on any atom is -0.484 e. The van der Waals surface area contributed by atoms with E-state index in [4.69, 9.17) is 4.74 Å². The number of nitrogens with one attached hydrogen (secondary N) is 1. The molecule has 0 unspecified atom stereocenters. The van der Waals surface area contributed by atoms with Crippen LogP contribution in [0.2, 0.25) is 0 Å². The van der Waals surface area contributed by atoms with E-state index in [-0.39, 0.29) is 12.5 Å². The second-order valence-corrected chi connectivity index (χ2v) is 10.4. The fraction of sp³-hybridized carbons (Fsp3) is 0.450. The van der Waals surface area contributed by atoms with Crippen molar-refractivity contribution in [3.63, 3.8) is 0 Å². The Labute approximate surface area is 173 Å². The van der Waals surface area contributed by atoms with E-state index in [1.165, 1.54) is 22.6 Å². The number of benzene rings is 1. The first-order valence-electron chi connectivity index (χ1n) is 9.36. The largest absolute Gasteiger partial charge is 0.484 e. The summed E-state index contributed by atoms with van der Waals surface area (Å²) in [5.74, 6) is 3.33. The molecule has 7 heteroatoms. The number of amides is 1. The van der Waals surface area contributed by atoms with Crippen LogP contribution >= 0.6 is 34.9 Å². The summed E-state index contributed by atoms with van der Waals surface area (Å²) in [7, 11) is 0. The van der Waals surface area contributed by atoms with Crippen molar-refractivity contribution < 1.29 is 14.4 Å². The number of thioether (sulfide) groups is 2. The number of carbonyl (C=O) groups excluding carboxylic acids is 1. The molecule has 144 valence electrons. The van der Waals surface area contributed by atoms with Gasteiger partial charge in [-0.3, -0.25) is 4.79 Å². The van der Waals surface area contributed by atoms with Gasteiger partial charge in [0.05, 0.1) is 30.8 Å². The molecular formula is C20H25N2O2S3+. The molecule has 2 aromatic rings. The summed E-state index contributed by atoms with van der Waals surface area (Å²) in [6, 6.07) is 10.4. The summed E-state index contributed by atoms with van der Waals surface area (Å²) in [4.78, 5) is 16.0. The van der Waals surface area contributed by atoms with Crippen molar-refractivity contribution in [2.24, 2.45) is 0 Å². The normalized spacial score (nSPS) is 18.7. The summed E-state index contributed by atoms with van der Waals surface area (Å²) < 4.78 is 6.29. The zero-order valence-corrected chi connectivity index (χ0v) is 17.7.